The molecule has 0 aliphatic rings. The molecule has 0 heterocycles. The zero-order valence-corrected chi connectivity index (χ0v) is 11.1. The SMILES string of the molecule is CC(C)(O)NCCCCCCNC(C)(C)O. The predicted octanol–water partition coefficient (Wildman–Crippen LogP) is 1.18. The highest BCUT2D eigenvalue weighted by Gasteiger charge is 2.10. The summed E-state index contributed by atoms with van der Waals surface area (Å²) in [7, 11) is 0. The van der Waals surface area contributed by atoms with Crippen molar-refractivity contribution >= 4 is 0 Å². The molecule has 4 heteroatoms. The van der Waals surface area contributed by atoms with Crippen LogP contribution in [0.3, 0.4) is 0 Å². The Labute approximate surface area is 99.4 Å². The Morgan fingerprint density at radius 2 is 1.00 bits per heavy atom. The van der Waals surface area contributed by atoms with Crippen LogP contribution in [0.5, 0.6) is 0 Å². The maximum atomic E-state index is 9.40. The molecule has 0 aliphatic carbocycles. The molecule has 0 saturated carbocycles. The zero-order chi connectivity index (χ0) is 12.7. The van der Waals surface area contributed by atoms with E-state index in [4.69, 9.17) is 0 Å². The van der Waals surface area contributed by atoms with Gasteiger partial charge in [-0.05, 0) is 53.6 Å². The molecule has 4 N–H and O–H groups in total. The third-order valence-electron chi connectivity index (χ3n) is 2.22. The highest BCUT2D eigenvalue weighted by atomic mass is 16.3. The molecule has 16 heavy (non-hydrogen) atoms. The molecule has 98 valence electrons. The Hall–Kier alpha value is -0.160. The minimum Gasteiger partial charge on any atom is -0.376 e. The van der Waals surface area contributed by atoms with Crippen molar-refractivity contribution in [3.05, 3.63) is 0 Å². The Morgan fingerprint density at radius 1 is 0.688 bits per heavy atom. The van der Waals surface area contributed by atoms with Crippen molar-refractivity contribution in [1.82, 2.24) is 10.6 Å². The van der Waals surface area contributed by atoms with Crippen LogP contribution in [0.25, 0.3) is 0 Å². The standard InChI is InChI=1S/C12H28N2O2/c1-11(2,15)13-9-7-5-6-8-10-14-12(3,4)16/h13-16H,5-10H2,1-4H3. The fraction of sp³-hybridized carbons (Fsp3) is 1.00. The van der Waals surface area contributed by atoms with Crippen LogP contribution < -0.4 is 10.6 Å². The first-order valence-corrected chi connectivity index (χ1v) is 6.15. The molecule has 0 radical (unpaired) electrons. The summed E-state index contributed by atoms with van der Waals surface area (Å²) in [6, 6.07) is 0. The summed E-state index contributed by atoms with van der Waals surface area (Å²) in [5, 5.41) is 24.9. The minimum atomic E-state index is -0.761. The van der Waals surface area contributed by atoms with E-state index in [9.17, 15) is 10.2 Å². The molecular formula is C12H28N2O2. The second-order valence-electron chi connectivity index (χ2n) is 5.39. The second-order valence-corrected chi connectivity index (χ2v) is 5.39. The van der Waals surface area contributed by atoms with Crippen molar-refractivity contribution in [3.63, 3.8) is 0 Å². The van der Waals surface area contributed by atoms with E-state index in [1.165, 1.54) is 0 Å². The highest BCUT2D eigenvalue weighted by molar-refractivity contribution is 4.63. The van der Waals surface area contributed by atoms with Crippen LogP contribution in [0.4, 0.5) is 0 Å². The number of unbranched alkanes of at least 4 members (excludes halogenated alkanes) is 3. The molecular weight excluding hydrogens is 204 g/mol. The molecule has 0 aromatic carbocycles. The van der Waals surface area contributed by atoms with E-state index in [1.54, 1.807) is 27.7 Å². The minimum absolute atomic E-state index is 0.761. The number of hydrogen-bond acceptors (Lipinski definition) is 4. The first kappa shape index (κ1) is 15.8. The van der Waals surface area contributed by atoms with Crippen molar-refractivity contribution in [3.8, 4) is 0 Å². The third-order valence-corrected chi connectivity index (χ3v) is 2.22. The summed E-state index contributed by atoms with van der Waals surface area (Å²) in [5.41, 5.74) is -1.52. The maximum absolute atomic E-state index is 9.40. The lowest BCUT2D eigenvalue weighted by atomic mass is 10.1. The van der Waals surface area contributed by atoms with Gasteiger partial charge in [0.15, 0.2) is 0 Å². The van der Waals surface area contributed by atoms with Crippen LogP contribution in [-0.2, 0) is 0 Å². The summed E-state index contributed by atoms with van der Waals surface area (Å²) in [5.74, 6) is 0. The van der Waals surface area contributed by atoms with E-state index in [1.807, 2.05) is 0 Å². The van der Waals surface area contributed by atoms with Crippen LogP contribution in [-0.4, -0.2) is 34.8 Å². The van der Waals surface area contributed by atoms with Gasteiger partial charge in [0.1, 0.15) is 11.4 Å². The topological polar surface area (TPSA) is 64.5 Å². The fourth-order valence-electron chi connectivity index (χ4n) is 1.39. The van der Waals surface area contributed by atoms with Crippen LogP contribution in [0.2, 0.25) is 0 Å². The molecule has 0 atom stereocenters. The maximum Gasteiger partial charge on any atom is 0.110 e. The molecule has 0 amide bonds. The van der Waals surface area contributed by atoms with Crippen LogP contribution in [0.1, 0.15) is 53.4 Å². The van der Waals surface area contributed by atoms with Gasteiger partial charge in [-0.1, -0.05) is 12.8 Å². The van der Waals surface area contributed by atoms with Gasteiger partial charge in [-0.2, -0.15) is 0 Å². The Morgan fingerprint density at radius 3 is 1.25 bits per heavy atom. The average Bonchev–Trinajstić information content (AvgIpc) is 2.06. The number of hydrogen-bond donors (Lipinski definition) is 4. The van der Waals surface area contributed by atoms with E-state index >= 15 is 0 Å². The molecule has 0 saturated heterocycles. The second kappa shape index (κ2) is 7.22. The van der Waals surface area contributed by atoms with Gasteiger partial charge in [0.05, 0.1) is 0 Å². The lowest BCUT2D eigenvalue weighted by Crippen LogP contribution is -2.39. The van der Waals surface area contributed by atoms with Gasteiger partial charge in [0.25, 0.3) is 0 Å². The highest BCUT2D eigenvalue weighted by Crippen LogP contribution is 2.02. The Bertz CT molecular complexity index is 151. The third kappa shape index (κ3) is 13.8. The quantitative estimate of drug-likeness (QED) is 0.356. The summed E-state index contributed by atoms with van der Waals surface area (Å²) in [6.07, 6.45) is 4.45. The fourth-order valence-corrected chi connectivity index (χ4v) is 1.39. The van der Waals surface area contributed by atoms with Crippen molar-refractivity contribution in [1.29, 1.82) is 0 Å². The summed E-state index contributed by atoms with van der Waals surface area (Å²) in [6.45, 7) is 8.70. The van der Waals surface area contributed by atoms with Gasteiger partial charge in [-0.25, -0.2) is 0 Å². The van der Waals surface area contributed by atoms with Crippen molar-refractivity contribution < 1.29 is 10.2 Å². The van der Waals surface area contributed by atoms with Crippen molar-refractivity contribution in [2.24, 2.45) is 0 Å². The lowest BCUT2D eigenvalue weighted by Gasteiger charge is -2.19. The zero-order valence-electron chi connectivity index (χ0n) is 11.1. The summed E-state index contributed by atoms with van der Waals surface area (Å²) < 4.78 is 0. The molecule has 0 fully saturated rings. The molecule has 0 spiro atoms. The number of nitrogens with one attached hydrogen (secondary N) is 2. The molecule has 0 aliphatic heterocycles. The van der Waals surface area contributed by atoms with Gasteiger partial charge >= 0.3 is 0 Å². The first-order valence-electron chi connectivity index (χ1n) is 6.15. The summed E-state index contributed by atoms with van der Waals surface area (Å²) in [4.78, 5) is 0. The number of rotatable bonds is 9. The lowest BCUT2D eigenvalue weighted by molar-refractivity contribution is 0.0418. The van der Waals surface area contributed by atoms with Crippen LogP contribution in [0.15, 0.2) is 0 Å². The van der Waals surface area contributed by atoms with E-state index in [0.717, 1.165) is 38.8 Å². The monoisotopic (exact) mass is 232 g/mol. The van der Waals surface area contributed by atoms with E-state index in [-0.39, 0.29) is 0 Å². The molecule has 0 unspecified atom stereocenters. The van der Waals surface area contributed by atoms with Gasteiger partial charge in [0.2, 0.25) is 0 Å². The van der Waals surface area contributed by atoms with Crippen molar-refractivity contribution in [2.45, 2.75) is 64.8 Å². The van der Waals surface area contributed by atoms with E-state index < -0.39 is 11.4 Å². The van der Waals surface area contributed by atoms with E-state index in [2.05, 4.69) is 10.6 Å². The van der Waals surface area contributed by atoms with Crippen LogP contribution >= 0.6 is 0 Å². The molecule has 0 aromatic rings. The van der Waals surface area contributed by atoms with Gasteiger partial charge in [-0.15, -0.1) is 0 Å². The Balaban J connectivity index is 3.17. The molecule has 0 bridgehead atoms. The number of aliphatic hydroxyl groups is 2. The van der Waals surface area contributed by atoms with Crippen LogP contribution in [0, 0.1) is 0 Å². The predicted molar refractivity (Wildman–Crippen MR) is 67.1 cm³/mol. The van der Waals surface area contributed by atoms with Gasteiger partial charge < -0.3 is 10.2 Å². The molecule has 4 nitrogen and oxygen atoms in total. The average molecular weight is 232 g/mol. The van der Waals surface area contributed by atoms with Crippen molar-refractivity contribution in [2.75, 3.05) is 13.1 Å². The first-order chi connectivity index (χ1) is 7.21. The van der Waals surface area contributed by atoms with Gasteiger partial charge in [-0.3, -0.25) is 10.6 Å². The normalized spacial score (nSPS) is 13.1. The molecule has 0 aromatic heterocycles. The smallest absolute Gasteiger partial charge is 0.110 e. The molecule has 0 rings (SSSR count). The van der Waals surface area contributed by atoms with Gasteiger partial charge in [0, 0.05) is 0 Å². The summed E-state index contributed by atoms with van der Waals surface area (Å²) >= 11 is 0. The largest absolute Gasteiger partial charge is 0.376 e. The Kier molecular flexibility index (Phi) is 7.15. The van der Waals surface area contributed by atoms with E-state index in [0.29, 0.717) is 0 Å².